The number of amidine groups is 1. The minimum Gasteiger partial charge on any atom is -0.419 e. The number of carbonyl (C=O) groups is 1. The molecule has 11 heteroatoms. The second kappa shape index (κ2) is 8.64. The molecule has 0 saturated carbocycles. The highest BCUT2D eigenvalue weighted by atomic mass is 35.5. The Morgan fingerprint density at radius 2 is 2.10 bits per heavy atom. The lowest BCUT2D eigenvalue weighted by Gasteiger charge is -2.30. The van der Waals surface area contributed by atoms with Crippen molar-refractivity contribution in [2.75, 3.05) is 18.8 Å². The first kappa shape index (κ1) is 21.3. The normalized spacial score (nSPS) is 17.0. The van der Waals surface area contributed by atoms with Gasteiger partial charge in [0, 0.05) is 19.3 Å². The van der Waals surface area contributed by atoms with Crippen LogP contribution >= 0.6 is 11.6 Å². The molecule has 0 fully saturated rings. The zero-order valence-electron chi connectivity index (χ0n) is 16.7. The highest BCUT2D eigenvalue weighted by Crippen LogP contribution is 2.27. The quantitative estimate of drug-likeness (QED) is 0.650. The van der Waals surface area contributed by atoms with Gasteiger partial charge >= 0.3 is 0 Å². The maximum Gasteiger partial charge on any atom is 0.258 e. The molecule has 0 atom stereocenters. The molecule has 0 radical (unpaired) electrons. The van der Waals surface area contributed by atoms with Crippen LogP contribution in [0.4, 0.5) is 0 Å². The topological polar surface area (TPSA) is 109 Å². The number of halogens is 1. The number of hydrogen-bond donors (Lipinski definition) is 0. The molecular formula is C20H20ClN5O4S. The van der Waals surface area contributed by atoms with Gasteiger partial charge in [-0.05, 0) is 30.7 Å². The van der Waals surface area contributed by atoms with Gasteiger partial charge in [0.15, 0.2) is 5.84 Å². The van der Waals surface area contributed by atoms with E-state index in [9.17, 15) is 13.2 Å². The van der Waals surface area contributed by atoms with E-state index in [1.165, 1.54) is 4.90 Å². The Labute approximate surface area is 184 Å². The Balaban J connectivity index is 1.59. The van der Waals surface area contributed by atoms with Crippen LogP contribution in [0.1, 0.15) is 19.2 Å². The largest absolute Gasteiger partial charge is 0.419 e. The summed E-state index contributed by atoms with van der Waals surface area (Å²) in [5, 5.41) is 8.57. The first-order chi connectivity index (χ1) is 14.9. The first-order valence-corrected chi connectivity index (χ1v) is 11.7. The number of allylic oxidation sites excluding steroid dienone is 2. The molecule has 1 aromatic carbocycles. The van der Waals surface area contributed by atoms with Crippen molar-refractivity contribution in [3.8, 4) is 11.5 Å². The fourth-order valence-electron chi connectivity index (χ4n) is 3.30. The highest BCUT2D eigenvalue weighted by molar-refractivity contribution is 7.90. The Hall–Kier alpha value is -2.98. The minimum absolute atomic E-state index is 0.0746. The van der Waals surface area contributed by atoms with E-state index >= 15 is 0 Å². The number of sulfonamides is 1. The van der Waals surface area contributed by atoms with Crippen molar-refractivity contribution in [1.29, 1.82) is 0 Å². The fourth-order valence-corrected chi connectivity index (χ4v) is 4.50. The molecule has 1 aromatic heterocycles. The molecule has 162 valence electrons. The van der Waals surface area contributed by atoms with Crippen molar-refractivity contribution in [3.05, 3.63) is 59.1 Å². The molecule has 0 aliphatic carbocycles. The third-order valence-corrected chi connectivity index (χ3v) is 6.25. The van der Waals surface area contributed by atoms with Crippen molar-refractivity contribution in [1.82, 2.24) is 20.0 Å². The van der Waals surface area contributed by atoms with Crippen molar-refractivity contribution in [3.63, 3.8) is 0 Å². The van der Waals surface area contributed by atoms with Gasteiger partial charge in [-0.25, -0.2) is 8.42 Å². The Kier molecular flexibility index (Phi) is 5.92. The Bertz CT molecular complexity index is 1200. The van der Waals surface area contributed by atoms with E-state index in [-0.39, 0.29) is 47.9 Å². The van der Waals surface area contributed by atoms with Crippen molar-refractivity contribution < 1.29 is 17.6 Å². The fraction of sp³-hybridized carbons (Fsp3) is 0.300. The molecule has 1 amide bonds. The number of nitrogens with zero attached hydrogens (tertiary/aromatic N) is 5. The summed E-state index contributed by atoms with van der Waals surface area (Å²) in [6.07, 6.45) is 5.68. The lowest BCUT2D eigenvalue weighted by atomic mass is 10.1. The molecule has 0 unspecified atom stereocenters. The monoisotopic (exact) mass is 461 g/mol. The van der Waals surface area contributed by atoms with Crippen LogP contribution in [0.2, 0.25) is 5.02 Å². The number of rotatable bonds is 6. The molecule has 0 spiro atoms. The predicted octanol–water partition coefficient (Wildman–Crippen LogP) is 2.63. The second-order valence-electron chi connectivity index (χ2n) is 7.02. The number of carbonyl (C=O) groups excluding carboxylic acids is 1. The van der Waals surface area contributed by atoms with E-state index in [1.54, 1.807) is 41.5 Å². The molecule has 0 bridgehead atoms. The van der Waals surface area contributed by atoms with Crippen LogP contribution < -0.4 is 0 Å². The van der Waals surface area contributed by atoms with Gasteiger partial charge in [0.05, 0.1) is 28.5 Å². The van der Waals surface area contributed by atoms with Gasteiger partial charge in [-0.15, -0.1) is 14.6 Å². The zero-order chi connectivity index (χ0) is 22.0. The molecular weight excluding hydrogens is 442 g/mol. The molecule has 2 aromatic rings. The maximum atomic E-state index is 13.3. The zero-order valence-corrected chi connectivity index (χ0v) is 18.3. The van der Waals surface area contributed by atoms with Gasteiger partial charge in [0.1, 0.15) is 0 Å². The van der Waals surface area contributed by atoms with E-state index in [4.69, 9.17) is 16.0 Å². The van der Waals surface area contributed by atoms with Crippen molar-refractivity contribution in [2.45, 2.75) is 19.9 Å². The summed E-state index contributed by atoms with van der Waals surface area (Å²) in [6.45, 7) is 2.68. The van der Waals surface area contributed by atoms with Crippen molar-refractivity contribution >= 4 is 33.4 Å². The number of hydrogen-bond acceptors (Lipinski definition) is 7. The standard InChI is InChI=1S/C20H20ClN5O4S/c1-2-9-26(13-17-22-23-19(30-17)14-6-3-4-8-16(14)21)20(27)15-7-5-10-25-11-12-31(28,29)24-18(15)25/h3-8,10H,2,9,11-13H2,1H3. The molecule has 3 heterocycles. The summed E-state index contributed by atoms with van der Waals surface area (Å²) in [5.41, 5.74) is 0.818. The van der Waals surface area contributed by atoms with Crippen LogP contribution in [0.5, 0.6) is 0 Å². The van der Waals surface area contributed by atoms with Gasteiger partial charge in [0.25, 0.3) is 15.9 Å². The lowest BCUT2D eigenvalue weighted by molar-refractivity contribution is -0.127. The van der Waals surface area contributed by atoms with Crippen LogP contribution in [0, 0.1) is 0 Å². The molecule has 2 aliphatic rings. The Morgan fingerprint density at radius 1 is 1.29 bits per heavy atom. The van der Waals surface area contributed by atoms with Crippen LogP contribution in [-0.4, -0.2) is 59.0 Å². The number of amides is 1. The average molecular weight is 462 g/mol. The van der Waals surface area contributed by atoms with Crippen LogP contribution in [0.15, 0.2) is 57.0 Å². The smallest absolute Gasteiger partial charge is 0.258 e. The molecule has 31 heavy (non-hydrogen) atoms. The Morgan fingerprint density at radius 3 is 2.87 bits per heavy atom. The summed E-state index contributed by atoms with van der Waals surface area (Å²) >= 11 is 6.19. The highest BCUT2D eigenvalue weighted by Gasteiger charge is 2.32. The lowest BCUT2D eigenvalue weighted by Crippen LogP contribution is -2.43. The molecule has 4 rings (SSSR count). The van der Waals surface area contributed by atoms with E-state index < -0.39 is 10.0 Å². The van der Waals surface area contributed by atoms with Gasteiger partial charge in [-0.2, -0.15) is 0 Å². The molecule has 0 N–H and O–H groups in total. The van der Waals surface area contributed by atoms with Gasteiger partial charge in [0.2, 0.25) is 11.8 Å². The summed E-state index contributed by atoms with van der Waals surface area (Å²) in [4.78, 5) is 16.5. The third-order valence-electron chi connectivity index (χ3n) is 4.77. The van der Waals surface area contributed by atoms with E-state index in [0.29, 0.717) is 23.6 Å². The first-order valence-electron chi connectivity index (χ1n) is 9.72. The van der Waals surface area contributed by atoms with Gasteiger partial charge in [-0.1, -0.05) is 30.7 Å². The van der Waals surface area contributed by atoms with Gasteiger partial charge in [-0.3, -0.25) is 4.79 Å². The molecule has 9 nitrogen and oxygen atoms in total. The summed E-state index contributed by atoms with van der Waals surface area (Å²) in [6, 6.07) is 7.10. The summed E-state index contributed by atoms with van der Waals surface area (Å²) in [7, 11) is -3.60. The molecule has 0 saturated heterocycles. The molecule has 2 aliphatic heterocycles. The number of benzene rings is 1. The second-order valence-corrected chi connectivity index (χ2v) is 9.19. The van der Waals surface area contributed by atoms with Crippen molar-refractivity contribution in [2.24, 2.45) is 4.40 Å². The van der Waals surface area contributed by atoms with Crippen LogP contribution in [-0.2, 0) is 21.4 Å². The summed E-state index contributed by atoms with van der Waals surface area (Å²) in [5.74, 6) is 0.206. The average Bonchev–Trinajstić information content (AvgIpc) is 3.20. The minimum atomic E-state index is -3.60. The van der Waals surface area contributed by atoms with E-state index in [2.05, 4.69) is 14.6 Å². The van der Waals surface area contributed by atoms with Crippen LogP contribution in [0.3, 0.4) is 0 Å². The SMILES string of the molecule is CCCN(Cc1nnc(-c2ccccc2Cl)o1)C(=O)C1=CC=CN2CCS(=O)(=O)N=C12. The number of fused-ring (bicyclic) bond motifs is 1. The van der Waals surface area contributed by atoms with E-state index in [0.717, 1.165) is 0 Å². The number of aromatic nitrogens is 2. The van der Waals surface area contributed by atoms with E-state index in [1.807, 2.05) is 13.0 Å². The maximum absolute atomic E-state index is 13.3. The summed E-state index contributed by atoms with van der Waals surface area (Å²) < 4.78 is 33.5. The van der Waals surface area contributed by atoms with Crippen LogP contribution in [0.25, 0.3) is 11.5 Å². The predicted molar refractivity (Wildman–Crippen MR) is 116 cm³/mol. The van der Waals surface area contributed by atoms with Gasteiger partial charge < -0.3 is 14.2 Å². The third kappa shape index (κ3) is 4.54.